The third-order valence-corrected chi connectivity index (χ3v) is 8.00. The number of rotatable bonds is 4. The maximum absolute atomic E-state index is 12.4. The number of carbonyl (C=O) groups is 2. The summed E-state index contributed by atoms with van der Waals surface area (Å²) in [7, 11) is 1.25. The van der Waals surface area contributed by atoms with E-state index in [2.05, 4.69) is 10.3 Å². The molecule has 2 saturated heterocycles. The molecular weight excluding hydrogens is 534 g/mol. The average Bonchev–Trinajstić information content (AvgIpc) is 3.31. The standard InChI is InChI=1S/C15H11ClN2O.C6H11F2N.C6H11NO2S/c1-10-4-13(16)7-14(5-10)18-3-2-12-6-11(9-19)8-17-15(12)18;1-9-4-2-6(7,8)3-5-9;8-5-7-6-1-3-10(9)4-2-6/h2-9H,1H3;2-5H2,1H3;5-6H,1-4H2,(H,7,8). The Balaban J connectivity index is 0.000000177. The molecule has 1 aromatic carbocycles. The van der Waals surface area contributed by atoms with Gasteiger partial charge in [-0.25, -0.2) is 13.8 Å². The van der Waals surface area contributed by atoms with E-state index in [1.807, 2.05) is 60.0 Å². The fourth-order valence-corrected chi connectivity index (χ4v) is 5.76. The van der Waals surface area contributed by atoms with Crippen LogP contribution in [0.4, 0.5) is 8.78 Å². The Morgan fingerprint density at radius 2 is 1.82 bits per heavy atom. The smallest absolute Gasteiger partial charge is 0.250 e. The number of alkyl halides is 2. The number of carbonyl (C=O) groups excluding carboxylic acids is 2. The molecule has 1 amide bonds. The summed E-state index contributed by atoms with van der Waals surface area (Å²) in [6, 6.07) is 9.88. The topological polar surface area (TPSA) is 84.3 Å². The molecule has 38 heavy (non-hydrogen) atoms. The van der Waals surface area contributed by atoms with Crippen molar-refractivity contribution in [1.82, 2.24) is 19.8 Å². The summed E-state index contributed by atoms with van der Waals surface area (Å²) in [6.07, 6.45) is 6.82. The molecule has 3 aromatic rings. The van der Waals surface area contributed by atoms with E-state index in [1.54, 1.807) is 6.20 Å². The predicted molar refractivity (Wildman–Crippen MR) is 148 cm³/mol. The number of hydrogen-bond donors (Lipinski definition) is 1. The fraction of sp³-hybridized carbons (Fsp3) is 0.444. The van der Waals surface area contributed by atoms with Crippen LogP contribution in [0.5, 0.6) is 0 Å². The van der Waals surface area contributed by atoms with Crippen LogP contribution >= 0.6 is 11.6 Å². The van der Waals surface area contributed by atoms with Gasteiger partial charge >= 0.3 is 0 Å². The highest BCUT2D eigenvalue weighted by Crippen LogP contribution is 2.26. The van der Waals surface area contributed by atoms with Crippen molar-refractivity contribution in [3.8, 4) is 5.69 Å². The van der Waals surface area contributed by atoms with Crippen LogP contribution in [-0.4, -0.2) is 75.0 Å². The molecule has 4 heterocycles. The van der Waals surface area contributed by atoms with Crippen LogP contribution in [0.15, 0.2) is 42.7 Å². The van der Waals surface area contributed by atoms with E-state index < -0.39 is 16.7 Å². The highest BCUT2D eigenvalue weighted by atomic mass is 35.5. The number of aldehydes is 1. The van der Waals surface area contributed by atoms with Crippen molar-refractivity contribution in [3.63, 3.8) is 0 Å². The molecule has 5 rings (SSSR count). The highest BCUT2D eigenvalue weighted by Gasteiger charge is 2.32. The van der Waals surface area contributed by atoms with Crippen molar-refractivity contribution in [1.29, 1.82) is 0 Å². The van der Waals surface area contributed by atoms with Crippen LogP contribution in [0.3, 0.4) is 0 Å². The van der Waals surface area contributed by atoms with Gasteiger partial charge in [0, 0.05) is 88.3 Å². The quantitative estimate of drug-likeness (QED) is 0.459. The van der Waals surface area contributed by atoms with Gasteiger partial charge in [0.05, 0.1) is 0 Å². The van der Waals surface area contributed by atoms with E-state index >= 15 is 0 Å². The lowest BCUT2D eigenvalue weighted by molar-refractivity contribution is -0.110. The molecule has 0 unspecified atom stereocenters. The summed E-state index contributed by atoms with van der Waals surface area (Å²) in [5.41, 5.74) is 3.44. The monoisotopic (exact) mass is 566 g/mol. The second-order valence-electron chi connectivity index (χ2n) is 9.54. The minimum atomic E-state index is -2.38. The normalized spacial score (nSPS) is 20.9. The van der Waals surface area contributed by atoms with Gasteiger partial charge in [-0.3, -0.25) is 13.8 Å². The maximum atomic E-state index is 12.4. The summed E-state index contributed by atoms with van der Waals surface area (Å²) >= 11 is 6.09. The minimum Gasteiger partial charge on any atom is -0.356 e. The van der Waals surface area contributed by atoms with Gasteiger partial charge < -0.3 is 14.8 Å². The lowest BCUT2D eigenvalue weighted by Gasteiger charge is -2.28. The SMILES string of the molecule is CN1CCC(F)(F)CC1.Cc1cc(Cl)cc(-n2ccc3cc(C=O)cnc32)c1.O=CNC1CCS(=O)CC1. The van der Waals surface area contributed by atoms with Crippen molar-refractivity contribution < 1.29 is 22.6 Å². The zero-order chi connectivity index (χ0) is 27.7. The molecule has 206 valence electrons. The first-order valence-corrected chi connectivity index (χ1v) is 14.3. The van der Waals surface area contributed by atoms with Gasteiger partial charge in [-0.05, 0) is 62.7 Å². The van der Waals surface area contributed by atoms with Gasteiger partial charge in [0.1, 0.15) is 5.65 Å². The summed E-state index contributed by atoms with van der Waals surface area (Å²) in [5.74, 6) is -0.899. The molecule has 2 fully saturated rings. The van der Waals surface area contributed by atoms with Crippen LogP contribution in [0, 0.1) is 6.92 Å². The zero-order valence-electron chi connectivity index (χ0n) is 21.5. The summed E-state index contributed by atoms with van der Waals surface area (Å²) < 4.78 is 37.5. The van der Waals surface area contributed by atoms with Gasteiger partial charge in [-0.1, -0.05) is 11.6 Å². The number of nitrogens with one attached hydrogen (secondary N) is 1. The Bertz CT molecular complexity index is 1230. The number of halogens is 3. The van der Waals surface area contributed by atoms with Gasteiger partial charge in [0.2, 0.25) is 6.41 Å². The van der Waals surface area contributed by atoms with Crippen molar-refractivity contribution >= 4 is 46.1 Å². The number of fused-ring (bicyclic) bond motifs is 1. The number of piperidine rings is 1. The molecule has 0 radical (unpaired) electrons. The highest BCUT2D eigenvalue weighted by molar-refractivity contribution is 7.85. The first-order valence-electron chi connectivity index (χ1n) is 12.4. The molecule has 2 aliphatic rings. The van der Waals surface area contributed by atoms with Crippen LogP contribution in [0.2, 0.25) is 5.02 Å². The Morgan fingerprint density at radius 3 is 2.39 bits per heavy atom. The number of hydrogen-bond acceptors (Lipinski definition) is 5. The van der Waals surface area contributed by atoms with E-state index in [-0.39, 0.29) is 18.9 Å². The minimum absolute atomic E-state index is 0.0312. The molecule has 0 atom stereocenters. The van der Waals surface area contributed by atoms with E-state index in [4.69, 9.17) is 11.6 Å². The fourth-order valence-electron chi connectivity index (χ4n) is 4.17. The largest absolute Gasteiger partial charge is 0.356 e. The van der Waals surface area contributed by atoms with Gasteiger partial charge in [-0.2, -0.15) is 0 Å². The van der Waals surface area contributed by atoms with Crippen molar-refractivity contribution in [2.24, 2.45) is 0 Å². The van der Waals surface area contributed by atoms with Crippen molar-refractivity contribution in [2.75, 3.05) is 31.6 Å². The molecule has 0 aliphatic carbocycles. The number of aromatic nitrogens is 2. The van der Waals surface area contributed by atoms with Crippen LogP contribution in [-0.2, 0) is 15.6 Å². The third kappa shape index (κ3) is 8.96. The van der Waals surface area contributed by atoms with Gasteiger partial charge in [0.25, 0.3) is 5.92 Å². The number of benzene rings is 1. The summed E-state index contributed by atoms with van der Waals surface area (Å²) in [6.45, 7) is 3.07. The summed E-state index contributed by atoms with van der Waals surface area (Å²) in [5, 5.41) is 4.32. The Morgan fingerprint density at radius 1 is 1.13 bits per heavy atom. The molecule has 1 N–H and O–H groups in total. The number of pyridine rings is 1. The van der Waals surface area contributed by atoms with E-state index in [0.29, 0.717) is 23.7 Å². The Labute approximate surface area is 229 Å². The predicted octanol–water partition coefficient (Wildman–Crippen LogP) is 4.79. The lowest BCUT2D eigenvalue weighted by atomic mass is 10.1. The van der Waals surface area contributed by atoms with Crippen LogP contribution in [0.1, 0.15) is 41.6 Å². The second kappa shape index (κ2) is 13.9. The first-order chi connectivity index (χ1) is 18.1. The van der Waals surface area contributed by atoms with Gasteiger partial charge in [0.15, 0.2) is 6.29 Å². The maximum Gasteiger partial charge on any atom is 0.250 e. The molecule has 0 spiro atoms. The Hall–Kier alpha value is -2.69. The van der Waals surface area contributed by atoms with Gasteiger partial charge in [-0.15, -0.1) is 0 Å². The Kier molecular flexibility index (Phi) is 10.9. The van der Waals surface area contributed by atoms with E-state index in [1.165, 1.54) is 0 Å². The van der Waals surface area contributed by atoms with Crippen molar-refractivity contribution in [3.05, 3.63) is 58.9 Å². The van der Waals surface area contributed by atoms with Crippen molar-refractivity contribution in [2.45, 2.75) is 44.6 Å². The molecular formula is C27H33ClF2N4O3S. The number of nitrogens with zero attached hydrogens (tertiary/aromatic N) is 3. The molecule has 0 saturated carbocycles. The first kappa shape index (κ1) is 29.9. The molecule has 11 heteroatoms. The molecule has 2 aliphatic heterocycles. The number of likely N-dealkylation sites (tertiary alicyclic amines) is 1. The zero-order valence-corrected chi connectivity index (χ0v) is 23.1. The van der Waals surface area contributed by atoms with Crippen LogP contribution in [0.25, 0.3) is 16.7 Å². The van der Waals surface area contributed by atoms with E-state index in [9.17, 15) is 22.6 Å². The summed E-state index contributed by atoms with van der Waals surface area (Å²) in [4.78, 5) is 27.0. The van der Waals surface area contributed by atoms with Crippen LogP contribution < -0.4 is 5.32 Å². The molecule has 2 aromatic heterocycles. The van der Waals surface area contributed by atoms with E-state index in [0.717, 1.165) is 59.3 Å². The molecule has 0 bridgehead atoms. The number of aryl methyl sites for hydroxylation is 1. The molecule has 7 nitrogen and oxygen atoms in total. The third-order valence-electron chi connectivity index (χ3n) is 6.40. The lowest BCUT2D eigenvalue weighted by Crippen LogP contribution is -2.36. The average molecular weight is 567 g/mol. The number of amides is 1. The second-order valence-corrected chi connectivity index (χ2v) is 11.7.